The van der Waals surface area contributed by atoms with Gasteiger partial charge in [-0.05, 0) is 29.8 Å². The maximum absolute atomic E-state index is 12.7. The van der Waals surface area contributed by atoms with Gasteiger partial charge in [-0.25, -0.2) is 4.98 Å². The van der Waals surface area contributed by atoms with Gasteiger partial charge in [0.15, 0.2) is 0 Å². The van der Waals surface area contributed by atoms with Gasteiger partial charge in [0, 0.05) is 51.7 Å². The number of anilines is 2. The first-order chi connectivity index (χ1) is 14.2. The summed E-state index contributed by atoms with van der Waals surface area (Å²) in [5.74, 6) is 0.881. The summed E-state index contributed by atoms with van der Waals surface area (Å²) in [6.07, 6.45) is 1.69. The Bertz CT molecular complexity index is 920. The highest BCUT2D eigenvalue weighted by molar-refractivity contribution is 6.05. The fourth-order valence-corrected chi connectivity index (χ4v) is 3.64. The molecule has 5 heteroatoms. The van der Waals surface area contributed by atoms with Gasteiger partial charge in [-0.15, -0.1) is 0 Å². The zero-order valence-electron chi connectivity index (χ0n) is 16.7. The van der Waals surface area contributed by atoms with E-state index in [1.807, 2.05) is 42.5 Å². The monoisotopic (exact) mass is 386 g/mol. The fraction of sp³-hybridized carbons (Fsp3) is 0.250. The van der Waals surface area contributed by atoms with Crippen LogP contribution < -0.4 is 9.80 Å². The number of hydrogen-bond donors (Lipinski definition) is 0. The van der Waals surface area contributed by atoms with E-state index in [1.165, 1.54) is 5.56 Å². The molecule has 0 saturated carbocycles. The molecule has 1 aromatic heterocycles. The molecule has 5 nitrogen and oxygen atoms in total. The Labute approximate surface area is 172 Å². The first kappa shape index (κ1) is 19.2. The van der Waals surface area contributed by atoms with Crippen LogP contribution in [0.5, 0.6) is 0 Å². The van der Waals surface area contributed by atoms with E-state index in [0.717, 1.165) is 44.2 Å². The second kappa shape index (κ2) is 8.88. The highest BCUT2D eigenvalue weighted by atomic mass is 16.2. The van der Waals surface area contributed by atoms with Crippen LogP contribution in [0.1, 0.15) is 15.9 Å². The molecule has 0 bridgehead atoms. The molecule has 1 amide bonds. The highest BCUT2D eigenvalue weighted by Gasteiger charge is 2.19. The molecule has 148 valence electrons. The topological polar surface area (TPSA) is 39.7 Å². The molecular weight excluding hydrogens is 360 g/mol. The minimum absolute atomic E-state index is 0.0528. The number of nitrogens with zero attached hydrogens (tertiary/aromatic N) is 4. The molecular formula is C24H26N4O. The van der Waals surface area contributed by atoms with Gasteiger partial charge in [0.25, 0.3) is 5.91 Å². The summed E-state index contributed by atoms with van der Waals surface area (Å²) in [6.45, 7) is 4.89. The number of carbonyl (C=O) groups excluding carboxylic acids is 1. The normalized spacial score (nSPS) is 14.6. The van der Waals surface area contributed by atoms with E-state index in [9.17, 15) is 4.79 Å². The maximum Gasteiger partial charge on any atom is 0.259 e. The second-order valence-electron chi connectivity index (χ2n) is 7.35. The minimum Gasteiger partial charge on any atom is -0.354 e. The smallest absolute Gasteiger partial charge is 0.259 e. The summed E-state index contributed by atoms with van der Waals surface area (Å²) in [5, 5.41) is 0. The molecule has 2 aromatic carbocycles. The first-order valence-electron chi connectivity index (χ1n) is 10.0. The van der Waals surface area contributed by atoms with Gasteiger partial charge in [-0.3, -0.25) is 9.69 Å². The molecule has 29 heavy (non-hydrogen) atoms. The molecule has 0 radical (unpaired) electrons. The predicted octanol–water partition coefficient (Wildman–Crippen LogP) is 3.68. The summed E-state index contributed by atoms with van der Waals surface area (Å²) in [4.78, 5) is 23.7. The molecule has 0 N–H and O–H groups in total. The molecule has 0 unspecified atom stereocenters. The van der Waals surface area contributed by atoms with E-state index in [2.05, 4.69) is 45.1 Å². The van der Waals surface area contributed by atoms with Gasteiger partial charge >= 0.3 is 0 Å². The first-order valence-corrected chi connectivity index (χ1v) is 10.0. The Morgan fingerprint density at radius 1 is 0.897 bits per heavy atom. The van der Waals surface area contributed by atoms with Gasteiger partial charge in [0.05, 0.1) is 5.56 Å². The highest BCUT2D eigenvalue weighted by Crippen LogP contribution is 2.18. The number of rotatable bonds is 5. The van der Waals surface area contributed by atoms with Crippen LogP contribution >= 0.6 is 0 Å². The van der Waals surface area contributed by atoms with Crippen molar-refractivity contribution in [1.29, 1.82) is 0 Å². The van der Waals surface area contributed by atoms with Gasteiger partial charge < -0.3 is 9.80 Å². The Balaban J connectivity index is 1.34. The number of benzene rings is 2. The van der Waals surface area contributed by atoms with Crippen LogP contribution in [0.15, 0.2) is 79.0 Å². The van der Waals surface area contributed by atoms with Crippen molar-refractivity contribution in [3.63, 3.8) is 0 Å². The number of hydrogen-bond acceptors (Lipinski definition) is 4. The molecule has 1 aliphatic heterocycles. The number of piperazine rings is 1. The van der Waals surface area contributed by atoms with E-state index < -0.39 is 0 Å². The molecule has 0 aliphatic carbocycles. The van der Waals surface area contributed by atoms with Crippen LogP contribution in [0.2, 0.25) is 0 Å². The van der Waals surface area contributed by atoms with Crippen LogP contribution in [-0.2, 0) is 6.54 Å². The maximum atomic E-state index is 12.7. The molecule has 4 rings (SSSR count). The molecule has 1 fully saturated rings. The summed E-state index contributed by atoms with van der Waals surface area (Å²) in [5.41, 5.74) is 2.82. The Morgan fingerprint density at radius 2 is 1.55 bits per heavy atom. The van der Waals surface area contributed by atoms with E-state index in [4.69, 9.17) is 0 Å². The minimum atomic E-state index is -0.0528. The number of aromatic nitrogens is 1. The van der Waals surface area contributed by atoms with Crippen molar-refractivity contribution in [2.45, 2.75) is 6.54 Å². The van der Waals surface area contributed by atoms with Crippen molar-refractivity contribution in [2.75, 3.05) is 43.0 Å². The zero-order chi connectivity index (χ0) is 20.1. The third-order valence-electron chi connectivity index (χ3n) is 5.39. The third-order valence-corrected chi connectivity index (χ3v) is 5.39. The van der Waals surface area contributed by atoms with E-state index >= 15 is 0 Å². The second-order valence-corrected chi connectivity index (χ2v) is 7.35. The Hall–Kier alpha value is -3.18. The van der Waals surface area contributed by atoms with E-state index in [0.29, 0.717) is 5.56 Å². The van der Waals surface area contributed by atoms with Crippen molar-refractivity contribution >= 4 is 17.4 Å². The SMILES string of the molecule is CN(C(=O)c1ccc(N2CCN(Cc3ccccc3)CC2)nc1)c1ccccc1. The van der Waals surface area contributed by atoms with Crippen molar-refractivity contribution in [1.82, 2.24) is 9.88 Å². The summed E-state index contributed by atoms with van der Waals surface area (Å²) >= 11 is 0. The lowest BCUT2D eigenvalue weighted by Crippen LogP contribution is -2.46. The molecule has 2 heterocycles. The lowest BCUT2D eigenvalue weighted by molar-refractivity contribution is 0.0992. The van der Waals surface area contributed by atoms with Gasteiger partial charge in [0.2, 0.25) is 0 Å². The zero-order valence-corrected chi connectivity index (χ0v) is 16.7. The summed E-state index contributed by atoms with van der Waals surface area (Å²) in [6, 6.07) is 24.1. The van der Waals surface area contributed by atoms with Crippen LogP contribution in [0.3, 0.4) is 0 Å². The van der Waals surface area contributed by atoms with Gasteiger partial charge in [-0.2, -0.15) is 0 Å². The lowest BCUT2D eigenvalue weighted by atomic mass is 10.2. The summed E-state index contributed by atoms with van der Waals surface area (Å²) < 4.78 is 0. The Morgan fingerprint density at radius 3 is 2.17 bits per heavy atom. The number of amides is 1. The number of carbonyl (C=O) groups is 1. The number of para-hydroxylation sites is 1. The van der Waals surface area contributed by atoms with Crippen molar-refractivity contribution in [3.05, 3.63) is 90.1 Å². The molecule has 0 spiro atoms. The van der Waals surface area contributed by atoms with Gasteiger partial charge in [0.1, 0.15) is 5.82 Å². The van der Waals surface area contributed by atoms with Crippen LogP contribution in [0, 0.1) is 0 Å². The van der Waals surface area contributed by atoms with Crippen LogP contribution in [0.4, 0.5) is 11.5 Å². The largest absolute Gasteiger partial charge is 0.354 e. The fourth-order valence-electron chi connectivity index (χ4n) is 3.64. The van der Waals surface area contributed by atoms with Gasteiger partial charge in [-0.1, -0.05) is 48.5 Å². The quantitative estimate of drug-likeness (QED) is 0.671. The third kappa shape index (κ3) is 4.63. The molecule has 1 aliphatic rings. The average Bonchev–Trinajstić information content (AvgIpc) is 2.80. The summed E-state index contributed by atoms with van der Waals surface area (Å²) in [7, 11) is 1.79. The average molecular weight is 386 g/mol. The Kier molecular flexibility index (Phi) is 5.86. The molecule has 3 aromatic rings. The van der Waals surface area contributed by atoms with Crippen molar-refractivity contribution in [2.24, 2.45) is 0 Å². The molecule has 0 atom stereocenters. The van der Waals surface area contributed by atoms with Crippen LogP contribution in [-0.4, -0.2) is 49.0 Å². The number of pyridine rings is 1. The van der Waals surface area contributed by atoms with E-state index in [-0.39, 0.29) is 5.91 Å². The standard InChI is InChI=1S/C24H26N4O/c1-26(22-10-6-3-7-11-22)24(29)21-12-13-23(25-18-21)28-16-14-27(15-17-28)19-20-8-4-2-5-9-20/h2-13,18H,14-17,19H2,1H3. The van der Waals surface area contributed by atoms with Crippen molar-refractivity contribution < 1.29 is 4.79 Å². The van der Waals surface area contributed by atoms with Crippen LogP contribution in [0.25, 0.3) is 0 Å². The lowest BCUT2D eigenvalue weighted by Gasteiger charge is -2.35. The van der Waals surface area contributed by atoms with Crippen molar-refractivity contribution in [3.8, 4) is 0 Å². The van der Waals surface area contributed by atoms with E-state index in [1.54, 1.807) is 18.1 Å². The molecule has 1 saturated heterocycles. The predicted molar refractivity (Wildman–Crippen MR) is 117 cm³/mol.